The van der Waals surface area contributed by atoms with Crippen molar-refractivity contribution in [3.63, 3.8) is 0 Å². The van der Waals surface area contributed by atoms with E-state index in [2.05, 4.69) is 13.0 Å². The standard InChI is InChI=1S/C29H38O10/c1-5-19(31)36-20-21-23(32)29(38-22(20)24(37-21)39-29)35-12-27-10-16-14(4)6-7-17(16)26(11-30)9-15(27)8-18(13(2)3)28(26,27)25(33)34/h8,11,13-17,20-24,32H,5-7,9-10,12H2,1-4H3,(H,33,34). The Balaban J connectivity index is 1.27. The predicted octanol–water partition coefficient (Wildman–Crippen LogP) is 2.42. The molecule has 2 N–H and O–H groups in total. The van der Waals surface area contributed by atoms with Gasteiger partial charge < -0.3 is 34.0 Å². The first-order chi connectivity index (χ1) is 18.5. The Hall–Kier alpha value is -1.85. The van der Waals surface area contributed by atoms with Crippen LogP contribution in [0.15, 0.2) is 11.6 Å². The van der Waals surface area contributed by atoms with Gasteiger partial charge in [0.05, 0.1) is 12.0 Å². The summed E-state index contributed by atoms with van der Waals surface area (Å²) in [6.45, 7) is 7.82. The lowest BCUT2D eigenvalue weighted by Gasteiger charge is -2.58. The van der Waals surface area contributed by atoms with Crippen LogP contribution in [0.5, 0.6) is 0 Å². The number of rotatable bonds is 8. The van der Waals surface area contributed by atoms with Crippen LogP contribution in [-0.2, 0) is 38.1 Å². The molecule has 4 aliphatic heterocycles. The molecule has 7 fully saturated rings. The number of hydrogen-bond acceptors (Lipinski definition) is 9. The van der Waals surface area contributed by atoms with Gasteiger partial charge in [0, 0.05) is 11.8 Å². The summed E-state index contributed by atoms with van der Waals surface area (Å²) in [4.78, 5) is 38.8. The molecular weight excluding hydrogens is 508 g/mol. The summed E-state index contributed by atoms with van der Waals surface area (Å²) in [5.74, 6) is -2.89. The molecule has 8 aliphatic rings. The summed E-state index contributed by atoms with van der Waals surface area (Å²) in [5, 5.41) is 22.4. The molecule has 4 saturated heterocycles. The van der Waals surface area contributed by atoms with Crippen molar-refractivity contribution in [1.82, 2.24) is 0 Å². The zero-order chi connectivity index (χ0) is 27.7. The van der Waals surface area contributed by atoms with Gasteiger partial charge in [-0.25, -0.2) is 0 Å². The fourth-order valence-corrected chi connectivity index (χ4v) is 10.2. The first-order valence-electron chi connectivity index (χ1n) is 14.5. The molecule has 10 nitrogen and oxygen atoms in total. The molecule has 0 spiro atoms. The van der Waals surface area contributed by atoms with Crippen molar-refractivity contribution >= 4 is 18.2 Å². The number of aliphatic carboxylic acids is 1. The molecule has 214 valence electrons. The maximum atomic E-state index is 13.6. The molecule has 3 saturated carbocycles. The molecule has 0 amide bonds. The van der Waals surface area contributed by atoms with Gasteiger partial charge >= 0.3 is 17.9 Å². The normalized spacial score (nSPS) is 53.8. The van der Waals surface area contributed by atoms with E-state index in [1.807, 2.05) is 13.8 Å². The van der Waals surface area contributed by atoms with Gasteiger partial charge in [0.1, 0.15) is 17.8 Å². The maximum Gasteiger partial charge on any atom is 0.316 e. The maximum absolute atomic E-state index is 13.6. The van der Waals surface area contributed by atoms with Crippen molar-refractivity contribution in [3.8, 4) is 0 Å². The first kappa shape index (κ1) is 26.1. The van der Waals surface area contributed by atoms with Gasteiger partial charge in [-0.15, -0.1) is 0 Å². The Morgan fingerprint density at radius 3 is 2.64 bits per heavy atom. The summed E-state index contributed by atoms with van der Waals surface area (Å²) in [7, 11) is 0. The average Bonchev–Trinajstić information content (AvgIpc) is 3.63. The van der Waals surface area contributed by atoms with Gasteiger partial charge in [0.2, 0.25) is 0 Å². The van der Waals surface area contributed by atoms with Gasteiger partial charge in [0.25, 0.3) is 0 Å². The molecule has 0 aromatic rings. The number of aliphatic hydroxyl groups excluding tert-OH is 1. The van der Waals surface area contributed by atoms with E-state index in [9.17, 15) is 24.6 Å². The van der Waals surface area contributed by atoms with Gasteiger partial charge in [-0.2, -0.15) is 0 Å². The number of aliphatic hydroxyl groups is 1. The monoisotopic (exact) mass is 546 g/mol. The van der Waals surface area contributed by atoms with E-state index >= 15 is 0 Å². The van der Waals surface area contributed by atoms with Gasteiger partial charge in [-0.1, -0.05) is 45.8 Å². The van der Waals surface area contributed by atoms with Crippen LogP contribution in [-0.4, -0.2) is 71.7 Å². The molecule has 4 aliphatic carbocycles. The van der Waals surface area contributed by atoms with E-state index in [1.54, 1.807) is 6.92 Å². The van der Waals surface area contributed by atoms with Crippen LogP contribution in [0.25, 0.3) is 0 Å². The number of ether oxygens (including phenoxy) is 5. The summed E-state index contributed by atoms with van der Waals surface area (Å²) in [6.07, 6.45) is 1.43. The van der Waals surface area contributed by atoms with Crippen LogP contribution < -0.4 is 0 Å². The van der Waals surface area contributed by atoms with E-state index in [0.29, 0.717) is 18.8 Å². The van der Waals surface area contributed by atoms with Gasteiger partial charge in [-0.3, -0.25) is 14.3 Å². The van der Waals surface area contributed by atoms with E-state index in [4.69, 9.17) is 23.7 Å². The number of fused-ring (bicyclic) bond motifs is 2. The lowest BCUT2D eigenvalue weighted by Crippen LogP contribution is -2.66. The SMILES string of the molecule is CCC(=O)OC1C2OC3(OCC45CC6C(C)CCC6C6(C=O)CC4C=C(C(C)C)C65C(=O)O)OC2OC1C3O. The van der Waals surface area contributed by atoms with E-state index in [0.717, 1.165) is 24.7 Å². The van der Waals surface area contributed by atoms with E-state index < -0.39 is 64.9 Å². The third-order valence-electron chi connectivity index (χ3n) is 11.7. The smallest absolute Gasteiger partial charge is 0.316 e. The van der Waals surface area contributed by atoms with E-state index in [-0.39, 0.29) is 36.7 Å². The lowest BCUT2D eigenvalue weighted by molar-refractivity contribution is -0.447. The summed E-state index contributed by atoms with van der Waals surface area (Å²) in [5.41, 5.74) is -2.50. The van der Waals surface area contributed by atoms with Gasteiger partial charge in [0.15, 0.2) is 24.6 Å². The summed E-state index contributed by atoms with van der Waals surface area (Å²) in [6, 6.07) is 0. The molecule has 10 heteroatoms. The van der Waals surface area contributed by atoms with Crippen molar-refractivity contribution in [2.24, 2.45) is 45.8 Å². The number of aldehydes is 1. The van der Waals surface area contributed by atoms with Crippen LogP contribution >= 0.6 is 0 Å². The van der Waals surface area contributed by atoms with E-state index in [1.165, 1.54) is 0 Å². The van der Waals surface area contributed by atoms with Crippen LogP contribution in [0, 0.1) is 45.8 Å². The molecule has 4 heterocycles. The minimum atomic E-state index is -1.86. The fourth-order valence-electron chi connectivity index (χ4n) is 10.2. The number of allylic oxidation sites excluding steroid dienone is 1. The minimum absolute atomic E-state index is 0.0125. The Labute approximate surface area is 227 Å². The summed E-state index contributed by atoms with van der Waals surface area (Å²) >= 11 is 0. The first-order valence-corrected chi connectivity index (χ1v) is 14.5. The topological polar surface area (TPSA) is 138 Å². The minimum Gasteiger partial charge on any atom is -0.481 e. The van der Waals surface area contributed by atoms with Crippen molar-refractivity contribution in [2.45, 2.75) is 96.5 Å². The highest BCUT2D eigenvalue weighted by molar-refractivity contribution is 5.90. The number of carbonyl (C=O) groups excluding carboxylic acids is 2. The second-order valence-corrected chi connectivity index (χ2v) is 13.3. The molecule has 0 aromatic heterocycles. The van der Waals surface area contributed by atoms with Crippen LogP contribution in [0.2, 0.25) is 0 Å². The highest BCUT2D eigenvalue weighted by Gasteiger charge is 2.85. The average molecular weight is 547 g/mol. The van der Waals surface area contributed by atoms with Crippen LogP contribution in [0.4, 0.5) is 0 Å². The largest absolute Gasteiger partial charge is 0.481 e. The fraction of sp³-hybridized carbons (Fsp3) is 0.828. The Bertz CT molecular complexity index is 1150. The third-order valence-corrected chi connectivity index (χ3v) is 11.7. The number of carboxylic acid groups (broad SMARTS) is 1. The predicted molar refractivity (Wildman–Crippen MR) is 132 cm³/mol. The summed E-state index contributed by atoms with van der Waals surface area (Å²) < 4.78 is 29.8. The van der Waals surface area contributed by atoms with Crippen LogP contribution in [0.3, 0.4) is 0 Å². The number of hydrogen-bond donors (Lipinski definition) is 2. The highest BCUT2D eigenvalue weighted by atomic mass is 17.0. The molecule has 8 rings (SSSR count). The zero-order valence-electron chi connectivity index (χ0n) is 22.8. The number of esters is 1. The quantitative estimate of drug-likeness (QED) is 0.265. The van der Waals surface area contributed by atoms with Crippen molar-refractivity contribution in [1.29, 1.82) is 0 Å². The molecule has 13 unspecified atom stereocenters. The molecule has 0 radical (unpaired) electrons. The second kappa shape index (κ2) is 8.12. The van der Waals surface area contributed by atoms with Crippen molar-refractivity contribution in [3.05, 3.63) is 11.6 Å². The lowest BCUT2D eigenvalue weighted by atomic mass is 9.43. The Kier molecular flexibility index (Phi) is 5.43. The Morgan fingerprint density at radius 2 is 1.97 bits per heavy atom. The highest BCUT2D eigenvalue weighted by Crippen LogP contribution is 2.82. The second-order valence-electron chi connectivity index (χ2n) is 13.3. The van der Waals surface area contributed by atoms with Crippen LogP contribution in [0.1, 0.15) is 59.8 Å². The van der Waals surface area contributed by atoms with Crippen molar-refractivity contribution in [2.75, 3.05) is 6.61 Å². The molecular formula is C29H38O10. The third kappa shape index (κ3) is 2.78. The number of carbonyl (C=O) groups is 3. The molecule has 0 aromatic carbocycles. The van der Waals surface area contributed by atoms with Crippen molar-refractivity contribution < 1.29 is 48.3 Å². The number of carboxylic acids is 1. The molecule has 8 bridgehead atoms. The Morgan fingerprint density at radius 1 is 1.21 bits per heavy atom. The zero-order valence-corrected chi connectivity index (χ0v) is 22.8. The molecule has 13 atom stereocenters. The molecule has 39 heavy (non-hydrogen) atoms. The van der Waals surface area contributed by atoms with Gasteiger partial charge in [-0.05, 0) is 48.9 Å².